The van der Waals surface area contributed by atoms with Crippen LogP contribution in [0.15, 0.2) is 54.7 Å². The number of halogens is 2. The first kappa shape index (κ1) is 28.7. The molecule has 1 N–H and O–H groups in total. The maximum absolute atomic E-state index is 13.9. The van der Waals surface area contributed by atoms with Crippen LogP contribution in [0.25, 0.3) is 0 Å². The Kier molecular flexibility index (Phi) is 8.77. The van der Waals surface area contributed by atoms with Crippen LogP contribution in [-0.4, -0.2) is 42.1 Å². The van der Waals surface area contributed by atoms with Gasteiger partial charge in [0.05, 0.1) is 13.0 Å². The Morgan fingerprint density at radius 1 is 0.975 bits per heavy atom. The number of ether oxygens (including phenoxy) is 3. The summed E-state index contributed by atoms with van der Waals surface area (Å²) in [7, 11) is 1.36. The summed E-state index contributed by atoms with van der Waals surface area (Å²) in [5.74, 6) is -3.80. The van der Waals surface area contributed by atoms with Gasteiger partial charge in [0.25, 0.3) is 5.91 Å². The second-order valence-electron chi connectivity index (χ2n) is 9.85. The molecule has 8 nitrogen and oxygen atoms in total. The third kappa shape index (κ3) is 6.27. The summed E-state index contributed by atoms with van der Waals surface area (Å²) in [4.78, 5) is 42.5. The SMILES string of the molecule is COc1ccnc(C(=O)N[C@@H](C)C(=O)O[C@@H]2CCc3cc(F)ccc3[C@H]2c2ccc(F)cc2)c1OC(=O)C(C)C. The number of hydrogen-bond acceptors (Lipinski definition) is 7. The van der Waals surface area contributed by atoms with Crippen LogP contribution in [0.4, 0.5) is 8.78 Å². The summed E-state index contributed by atoms with van der Waals surface area (Å²) in [6, 6.07) is 10.7. The molecule has 10 heteroatoms. The van der Waals surface area contributed by atoms with Crippen LogP contribution in [0, 0.1) is 17.6 Å². The lowest BCUT2D eigenvalue weighted by molar-refractivity contribution is -0.152. The number of aryl methyl sites for hydroxylation is 1. The van der Waals surface area contributed by atoms with Gasteiger partial charge in [-0.3, -0.25) is 9.59 Å². The molecule has 1 heterocycles. The van der Waals surface area contributed by atoms with E-state index in [-0.39, 0.29) is 23.0 Å². The third-order valence-corrected chi connectivity index (χ3v) is 6.69. The molecule has 0 radical (unpaired) electrons. The number of nitrogens with one attached hydrogen (secondary N) is 1. The van der Waals surface area contributed by atoms with E-state index in [1.807, 2.05) is 0 Å². The van der Waals surface area contributed by atoms with Gasteiger partial charge in [0, 0.05) is 18.2 Å². The van der Waals surface area contributed by atoms with Crippen molar-refractivity contribution >= 4 is 17.8 Å². The topological polar surface area (TPSA) is 104 Å². The van der Waals surface area contributed by atoms with Gasteiger partial charge in [-0.1, -0.05) is 32.0 Å². The van der Waals surface area contributed by atoms with Crippen molar-refractivity contribution in [3.63, 3.8) is 0 Å². The lowest BCUT2D eigenvalue weighted by Crippen LogP contribution is -2.43. The fourth-order valence-electron chi connectivity index (χ4n) is 4.60. The van der Waals surface area contributed by atoms with Gasteiger partial charge in [0.1, 0.15) is 23.8 Å². The van der Waals surface area contributed by atoms with E-state index < -0.39 is 47.6 Å². The molecule has 1 aliphatic carbocycles. The highest BCUT2D eigenvalue weighted by Gasteiger charge is 2.35. The van der Waals surface area contributed by atoms with Crippen molar-refractivity contribution in [2.24, 2.45) is 5.92 Å². The van der Waals surface area contributed by atoms with E-state index in [1.54, 1.807) is 32.0 Å². The number of esters is 2. The average molecular weight is 553 g/mol. The van der Waals surface area contributed by atoms with Crippen LogP contribution in [0.3, 0.4) is 0 Å². The molecule has 1 aromatic heterocycles. The summed E-state index contributed by atoms with van der Waals surface area (Å²) in [5, 5.41) is 2.55. The number of nitrogens with zero attached hydrogens (tertiary/aromatic N) is 1. The minimum Gasteiger partial charge on any atom is -0.493 e. The maximum Gasteiger partial charge on any atom is 0.328 e. The monoisotopic (exact) mass is 552 g/mol. The standard InChI is InChI=1S/C30H30F2N2O6/c1-16(2)29(36)40-27-24(38-4)13-14-33-26(27)28(35)34-17(3)30(37)39-23-12-7-19-15-21(32)10-11-22(19)25(23)18-5-8-20(31)9-6-18/h5-6,8-11,13-17,23,25H,7,12H2,1-4H3,(H,34,35)/t17-,23+,25+/m0/s1. The second-order valence-corrected chi connectivity index (χ2v) is 9.85. The molecule has 0 spiro atoms. The molecule has 1 aliphatic rings. The van der Waals surface area contributed by atoms with Crippen LogP contribution < -0.4 is 14.8 Å². The predicted molar refractivity (Wildman–Crippen MR) is 141 cm³/mol. The zero-order valence-corrected chi connectivity index (χ0v) is 22.6. The van der Waals surface area contributed by atoms with E-state index in [4.69, 9.17) is 14.2 Å². The Balaban J connectivity index is 1.54. The number of amides is 1. The third-order valence-electron chi connectivity index (χ3n) is 6.69. The molecule has 40 heavy (non-hydrogen) atoms. The number of rotatable bonds is 8. The molecule has 3 aromatic rings. The molecule has 0 bridgehead atoms. The highest BCUT2D eigenvalue weighted by Crippen LogP contribution is 2.39. The van der Waals surface area contributed by atoms with Crippen LogP contribution in [0.5, 0.6) is 11.5 Å². The zero-order valence-electron chi connectivity index (χ0n) is 22.6. The second kappa shape index (κ2) is 12.2. The van der Waals surface area contributed by atoms with Crippen molar-refractivity contribution in [1.82, 2.24) is 10.3 Å². The predicted octanol–water partition coefficient (Wildman–Crippen LogP) is 4.74. The van der Waals surface area contributed by atoms with Crippen LogP contribution in [0.1, 0.15) is 60.3 Å². The van der Waals surface area contributed by atoms with Gasteiger partial charge in [-0.25, -0.2) is 18.6 Å². The van der Waals surface area contributed by atoms with Crippen molar-refractivity contribution in [3.8, 4) is 11.5 Å². The molecule has 0 fully saturated rings. The van der Waals surface area contributed by atoms with Crippen molar-refractivity contribution < 1.29 is 37.4 Å². The van der Waals surface area contributed by atoms with Gasteiger partial charge >= 0.3 is 11.9 Å². The smallest absolute Gasteiger partial charge is 0.328 e. The maximum atomic E-state index is 13.9. The van der Waals surface area contributed by atoms with Crippen LogP contribution in [-0.2, 0) is 20.7 Å². The fourth-order valence-corrected chi connectivity index (χ4v) is 4.60. The van der Waals surface area contributed by atoms with Crippen molar-refractivity contribution in [1.29, 1.82) is 0 Å². The van der Waals surface area contributed by atoms with E-state index >= 15 is 0 Å². The minimum absolute atomic E-state index is 0.129. The number of benzene rings is 2. The fraction of sp³-hybridized carbons (Fsp3) is 0.333. The first-order valence-corrected chi connectivity index (χ1v) is 12.9. The average Bonchev–Trinajstić information content (AvgIpc) is 2.93. The molecule has 1 amide bonds. The first-order valence-electron chi connectivity index (χ1n) is 12.9. The number of methoxy groups -OCH3 is 1. The highest BCUT2D eigenvalue weighted by molar-refractivity contribution is 5.98. The Bertz CT molecular complexity index is 1410. The zero-order chi connectivity index (χ0) is 29.0. The molecule has 210 valence electrons. The molecule has 0 saturated heterocycles. The van der Waals surface area contributed by atoms with Gasteiger partial charge in [-0.15, -0.1) is 0 Å². The van der Waals surface area contributed by atoms with Crippen molar-refractivity contribution in [2.75, 3.05) is 7.11 Å². The minimum atomic E-state index is -1.10. The highest BCUT2D eigenvalue weighted by atomic mass is 19.1. The Labute approximate surface area is 230 Å². The molecule has 3 atom stereocenters. The quantitative estimate of drug-likeness (QED) is 0.403. The van der Waals surface area contributed by atoms with Crippen LogP contribution >= 0.6 is 0 Å². The molecule has 2 aromatic carbocycles. The van der Waals surface area contributed by atoms with Crippen LogP contribution in [0.2, 0.25) is 0 Å². The number of fused-ring (bicyclic) bond motifs is 1. The van der Waals surface area contributed by atoms with Gasteiger partial charge in [-0.2, -0.15) is 0 Å². The summed E-state index contributed by atoms with van der Waals surface area (Å²) in [5.41, 5.74) is 2.05. The Hall–Kier alpha value is -4.34. The van der Waals surface area contributed by atoms with Crippen molar-refractivity contribution in [2.45, 2.75) is 51.7 Å². The molecular weight excluding hydrogens is 522 g/mol. The number of pyridine rings is 1. The molecule has 0 unspecified atom stereocenters. The summed E-state index contributed by atoms with van der Waals surface area (Å²) in [6.45, 7) is 4.74. The Morgan fingerprint density at radius 2 is 1.68 bits per heavy atom. The van der Waals surface area contributed by atoms with E-state index in [9.17, 15) is 23.2 Å². The van der Waals surface area contributed by atoms with Gasteiger partial charge in [-0.05, 0) is 60.7 Å². The largest absolute Gasteiger partial charge is 0.493 e. The number of hydrogen-bond donors (Lipinski definition) is 1. The van der Waals surface area contributed by atoms with E-state index in [1.165, 1.54) is 50.6 Å². The van der Waals surface area contributed by atoms with Gasteiger partial charge in [0.15, 0.2) is 11.4 Å². The van der Waals surface area contributed by atoms with Gasteiger partial charge < -0.3 is 19.5 Å². The Morgan fingerprint density at radius 3 is 2.35 bits per heavy atom. The molecule has 0 aliphatic heterocycles. The number of aromatic nitrogens is 1. The summed E-state index contributed by atoms with van der Waals surface area (Å²) >= 11 is 0. The number of carbonyl (C=O) groups is 3. The number of carbonyl (C=O) groups excluding carboxylic acids is 3. The lowest BCUT2D eigenvalue weighted by Gasteiger charge is -2.34. The first-order chi connectivity index (χ1) is 19.1. The molecular formula is C30H30F2N2O6. The molecule has 0 saturated carbocycles. The van der Waals surface area contributed by atoms with E-state index in [0.29, 0.717) is 18.4 Å². The summed E-state index contributed by atoms with van der Waals surface area (Å²) in [6.07, 6.45) is 1.55. The summed E-state index contributed by atoms with van der Waals surface area (Å²) < 4.78 is 44.0. The normalized spacial score (nSPS) is 17.0. The van der Waals surface area contributed by atoms with E-state index in [0.717, 1.165) is 11.1 Å². The lowest BCUT2D eigenvalue weighted by atomic mass is 9.77. The van der Waals surface area contributed by atoms with Crippen molar-refractivity contribution in [3.05, 3.63) is 88.7 Å². The van der Waals surface area contributed by atoms with E-state index in [2.05, 4.69) is 10.3 Å². The van der Waals surface area contributed by atoms with Gasteiger partial charge in [0.2, 0.25) is 5.75 Å². The molecule has 4 rings (SSSR count).